The zero-order valence-corrected chi connectivity index (χ0v) is 14.3. The highest BCUT2D eigenvalue weighted by molar-refractivity contribution is 6.04. The summed E-state index contributed by atoms with van der Waals surface area (Å²) in [7, 11) is 0. The predicted octanol–water partition coefficient (Wildman–Crippen LogP) is 1.63. The van der Waals surface area contributed by atoms with E-state index in [0.29, 0.717) is 5.39 Å². The lowest BCUT2D eigenvalue weighted by molar-refractivity contribution is -0.120. The fourth-order valence-electron chi connectivity index (χ4n) is 2.63. The molecular formula is C17H18F2N6O2. The summed E-state index contributed by atoms with van der Waals surface area (Å²) in [6.45, 7) is -2.34. The van der Waals surface area contributed by atoms with Crippen molar-refractivity contribution in [3.8, 4) is 0 Å². The number of carbonyl (C=O) groups excluding carboxylic acids is 2. The first-order valence-electron chi connectivity index (χ1n) is 8.34. The molecule has 2 aromatic heterocycles. The van der Waals surface area contributed by atoms with Gasteiger partial charge >= 0.3 is 6.55 Å². The van der Waals surface area contributed by atoms with E-state index >= 15 is 0 Å². The largest absolute Gasteiger partial charge is 0.356 e. The van der Waals surface area contributed by atoms with E-state index < -0.39 is 6.55 Å². The standard InChI is InChI=1S/C17H18F2N6O2/c18-17(19)25-10-9-20-13(25)5-7-21-14(26)6-8-22-16(27)15-11-3-1-2-4-12(11)23-24-15/h1-4,9-10,17H,5-8H2,(H,21,26)(H,22,27)(H,23,24). The van der Waals surface area contributed by atoms with Crippen LogP contribution in [0.2, 0.25) is 0 Å². The van der Waals surface area contributed by atoms with Crippen LogP contribution >= 0.6 is 0 Å². The van der Waals surface area contributed by atoms with Crippen LogP contribution in [0, 0.1) is 0 Å². The van der Waals surface area contributed by atoms with E-state index in [0.717, 1.165) is 10.1 Å². The van der Waals surface area contributed by atoms with Crippen molar-refractivity contribution in [1.82, 2.24) is 30.4 Å². The molecule has 0 aliphatic carbocycles. The highest BCUT2D eigenvalue weighted by Gasteiger charge is 2.14. The van der Waals surface area contributed by atoms with Gasteiger partial charge in [-0.1, -0.05) is 18.2 Å². The minimum absolute atomic E-state index is 0.0668. The second-order valence-electron chi connectivity index (χ2n) is 5.75. The van der Waals surface area contributed by atoms with Gasteiger partial charge in [0.05, 0.1) is 5.52 Å². The van der Waals surface area contributed by atoms with Gasteiger partial charge in [-0.15, -0.1) is 0 Å². The Labute approximate surface area is 153 Å². The van der Waals surface area contributed by atoms with Gasteiger partial charge in [0.25, 0.3) is 5.91 Å². The Morgan fingerprint density at radius 3 is 2.81 bits per heavy atom. The topological polar surface area (TPSA) is 105 Å². The zero-order chi connectivity index (χ0) is 19.2. The number of para-hydroxylation sites is 1. The maximum Gasteiger partial charge on any atom is 0.319 e. The summed E-state index contributed by atoms with van der Waals surface area (Å²) in [6.07, 6.45) is 2.74. The average molecular weight is 376 g/mol. The summed E-state index contributed by atoms with van der Waals surface area (Å²) in [5.41, 5.74) is 1.02. The van der Waals surface area contributed by atoms with Crippen LogP contribution in [0.3, 0.4) is 0 Å². The van der Waals surface area contributed by atoms with E-state index in [-0.39, 0.29) is 49.3 Å². The SMILES string of the molecule is O=C(CCNC(=O)c1n[nH]c2ccccc12)NCCc1nccn1C(F)F. The summed E-state index contributed by atoms with van der Waals surface area (Å²) >= 11 is 0. The number of carbonyl (C=O) groups is 2. The minimum Gasteiger partial charge on any atom is -0.356 e. The number of nitrogens with zero attached hydrogens (tertiary/aromatic N) is 3. The summed E-state index contributed by atoms with van der Waals surface area (Å²) in [4.78, 5) is 27.8. The molecule has 142 valence electrons. The molecular weight excluding hydrogens is 358 g/mol. The number of aromatic nitrogens is 4. The predicted molar refractivity (Wildman–Crippen MR) is 93.2 cm³/mol. The summed E-state index contributed by atoms with van der Waals surface area (Å²) in [5, 5.41) is 12.7. The third-order valence-corrected chi connectivity index (χ3v) is 3.95. The number of alkyl halides is 2. The summed E-state index contributed by atoms with van der Waals surface area (Å²) in [5.74, 6) is -0.472. The first-order valence-corrected chi connectivity index (χ1v) is 8.34. The number of amides is 2. The van der Waals surface area contributed by atoms with Crippen LogP contribution in [0.15, 0.2) is 36.7 Å². The minimum atomic E-state index is -2.66. The molecule has 0 bridgehead atoms. The van der Waals surface area contributed by atoms with Crippen LogP contribution in [0.1, 0.15) is 29.3 Å². The highest BCUT2D eigenvalue weighted by Crippen LogP contribution is 2.14. The number of H-pyrrole nitrogens is 1. The number of benzene rings is 1. The molecule has 2 amide bonds. The first kappa shape index (κ1) is 18.5. The van der Waals surface area contributed by atoms with Crippen LogP contribution < -0.4 is 10.6 Å². The molecule has 0 atom stereocenters. The van der Waals surface area contributed by atoms with Gasteiger partial charge in [-0.25, -0.2) is 4.98 Å². The lowest BCUT2D eigenvalue weighted by Gasteiger charge is -2.08. The zero-order valence-electron chi connectivity index (χ0n) is 14.3. The number of fused-ring (bicyclic) bond motifs is 1. The van der Waals surface area contributed by atoms with Crippen molar-refractivity contribution in [2.75, 3.05) is 13.1 Å². The molecule has 3 N–H and O–H groups in total. The Hall–Kier alpha value is -3.30. The van der Waals surface area contributed by atoms with Crippen LogP contribution in [0.4, 0.5) is 8.78 Å². The maximum atomic E-state index is 12.7. The lowest BCUT2D eigenvalue weighted by Crippen LogP contribution is -2.32. The third kappa shape index (κ3) is 4.46. The molecule has 0 aliphatic rings. The highest BCUT2D eigenvalue weighted by atomic mass is 19.3. The first-order chi connectivity index (χ1) is 13.1. The van der Waals surface area contributed by atoms with Crippen molar-refractivity contribution in [1.29, 1.82) is 0 Å². The van der Waals surface area contributed by atoms with Gasteiger partial charge in [-0.2, -0.15) is 13.9 Å². The van der Waals surface area contributed by atoms with E-state index in [9.17, 15) is 18.4 Å². The molecule has 0 radical (unpaired) electrons. The van der Waals surface area contributed by atoms with Crippen molar-refractivity contribution in [2.24, 2.45) is 0 Å². The molecule has 3 aromatic rings. The van der Waals surface area contributed by atoms with Crippen molar-refractivity contribution >= 4 is 22.7 Å². The van der Waals surface area contributed by atoms with Crippen LogP contribution in [0.25, 0.3) is 10.9 Å². The molecule has 2 heterocycles. The fraction of sp³-hybridized carbons (Fsp3) is 0.294. The maximum absolute atomic E-state index is 12.7. The Morgan fingerprint density at radius 2 is 2.00 bits per heavy atom. The van der Waals surface area contributed by atoms with Gasteiger partial charge in [0.2, 0.25) is 5.91 Å². The van der Waals surface area contributed by atoms with E-state index in [4.69, 9.17) is 0 Å². The van der Waals surface area contributed by atoms with Crippen molar-refractivity contribution in [3.63, 3.8) is 0 Å². The quantitative estimate of drug-likeness (QED) is 0.556. The number of rotatable bonds is 8. The lowest BCUT2D eigenvalue weighted by atomic mass is 10.2. The number of imidazole rings is 1. The number of hydrogen-bond donors (Lipinski definition) is 3. The second kappa shape index (κ2) is 8.39. The normalized spacial score (nSPS) is 11.1. The number of hydrogen-bond acceptors (Lipinski definition) is 4. The van der Waals surface area contributed by atoms with E-state index in [1.165, 1.54) is 12.4 Å². The molecule has 0 aliphatic heterocycles. The smallest absolute Gasteiger partial charge is 0.319 e. The fourth-order valence-corrected chi connectivity index (χ4v) is 2.63. The molecule has 27 heavy (non-hydrogen) atoms. The molecule has 0 spiro atoms. The van der Waals surface area contributed by atoms with Crippen molar-refractivity contribution in [2.45, 2.75) is 19.4 Å². The summed E-state index contributed by atoms with van der Waals surface area (Å²) < 4.78 is 26.1. The Kier molecular flexibility index (Phi) is 5.74. The van der Waals surface area contributed by atoms with Crippen LogP contribution in [-0.4, -0.2) is 44.7 Å². The van der Waals surface area contributed by atoms with Gasteiger partial charge in [-0.05, 0) is 6.07 Å². The van der Waals surface area contributed by atoms with Gasteiger partial charge < -0.3 is 10.6 Å². The Balaban J connectivity index is 1.40. The summed E-state index contributed by atoms with van der Waals surface area (Å²) in [6, 6.07) is 7.23. The van der Waals surface area contributed by atoms with E-state index in [1.807, 2.05) is 12.1 Å². The number of nitrogens with one attached hydrogen (secondary N) is 3. The van der Waals surface area contributed by atoms with Crippen molar-refractivity contribution in [3.05, 3.63) is 48.2 Å². The van der Waals surface area contributed by atoms with Crippen LogP contribution in [-0.2, 0) is 11.2 Å². The van der Waals surface area contributed by atoms with Gasteiger partial charge in [-0.3, -0.25) is 19.3 Å². The van der Waals surface area contributed by atoms with Gasteiger partial charge in [0.15, 0.2) is 5.69 Å². The Morgan fingerprint density at radius 1 is 1.19 bits per heavy atom. The molecule has 0 unspecified atom stereocenters. The second-order valence-corrected chi connectivity index (χ2v) is 5.75. The average Bonchev–Trinajstić information content (AvgIpc) is 3.28. The Bertz CT molecular complexity index is 936. The molecule has 0 saturated heterocycles. The third-order valence-electron chi connectivity index (χ3n) is 3.95. The number of halogens is 2. The van der Waals surface area contributed by atoms with Crippen LogP contribution in [0.5, 0.6) is 0 Å². The number of aromatic amines is 1. The van der Waals surface area contributed by atoms with Gasteiger partial charge in [0, 0.05) is 43.7 Å². The molecule has 3 rings (SSSR count). The monoisotopic (exact) mass is 376 g/mol. The molecule has 1 aromatic carbocycles. The van der Waals surface area contributed by atoms with E-state index in [1.54, 1.807) is 12.1 Å². The van der Waals surface area contributed by atoms with E-state index in [2.05, 4.69) is 25.8 Å². The van der Waals surface area contributed by atoms with Gasteiger partial charge in [0.1, 0.15) is 5.82 Å². The van der Waals surface area contributed by atoms with Crippen molar-refractivity contribution < 1.29 is 18.4 Å². The molecule has 0 fully saturated rings. The molecule has 8 nitrogen and oxygen atoms in total. The molecule has 10 heteroatoms. The molecule has 0 saturated carbocycles.